The molecule has 4 rings (SSSR count). The topological polar surface area (TPSA) is 349 Å². The lowest BCUT2D eigenvalue weighted by Crippen LogP contribution is -2.36. The minimum absolute atomic E-state index is 0.0640. The number of hydrogen-bond acceptors (Lipinski definition) is 14. The van der Waals surface area contributed by atoms with Crippen molar-refractivity contribution < 1.29 is 71.0 Å². The molecule has 3 aliphatic heterocycles. The van der Waals surface area contributed by atoms with Crippen molar-refractivity contribution in [2.45, 2.75) is 74.3 Å². The van der Waals surface area contributed by atoms with Crippen LogP contribution >= 0.6 is 35.2 Å². The number of thioether (sulfide) groups is 1. The lowest BCUT2D eigenvalue weighted by Gasteiger charge is -2.19. The lowest BCUT2D eigenvalue weighted by molar-refractivity contribution is -0.137. The quantitative estimate of drug-likeness (QED) is 0.0601. The Hall–Kier alpha value is -2.36. The van der Waals surface area contributed by atoms with Crippen molar-refractivity contribution in [3.05, 3.63) is 44.9 Å². The molecule has 2 amide bonds. The Morgan fingerprint density at radius 2 is 1.81 bits per heavy atom. The Morgan fingerprint density at radius 1 is 1.10 bits per heavy atom. The first-order valence-corrected chi connectivity index (χ1v) is 19.6. The van der Waals surface area contributed by atoms with Crippen LogP contribution in [0.1, 0.15) is 43.9 Å². The average molecular weight is 768 g/mol. The van der Waals surface area contributed by atoms with Gasteiger partial charge in [0.25, 0.3) is 5.56 Å². The van der Waals surface area contributed by atoms with Crippen LogP contribution < -0.4 is 27.6 Å². The van der Waals surface area contributed by atoms with E-state index >= 15 is 0 Å². The van der Waals surface area contributed by atoms with Gasteiger partial charge in [0.15, 0.2) is 0 Å². The summed E-state index contributed by atoms with van der Waals surface area (Å²) in [5.41, 5.74) is 3.86. The first kappa shape index (κ1) is 40.1. The molecule has 1 aromatic rings. The number of aliphatic hydroxyl groups is 1. The second-order valence-electron chi connectivity index (χ2n) is 10.5. The summed E-state index contributed by atoms with van der Waals surface area (Å²) in [5.74, 6) is 0.236. The zero-order valence-corrected chi connectivity index (χ0v) is 28.3. The number of aromatic amines is 1. The normalized spacial score (nSPS) is 27.7. The number of aliphatic carboxylic acids is 1. The molecule has 2 unspecified atom stereocenters. The van der Waals surface area contributed by atoms with E-state index in [1.807, 2.05) is 11.8 Å². The van der Waals surface area contributed by atoms with Crippen LogP contribution in [0.3, 0.4) is 0 Å². The van der Waals surface area contributed by atoms with Crippen molar-refractivity contribution >= 4 is 47.2 Å². The number of fused-ring (bicyclic) bond motifs is 1. The van der Waals surface area contributed by atoms with Gasteiger partial charge in [-0.25, -0.2) is 23.3 Å². The first-order chi connectivity index (χ1) is 22.3. The Kier molecular flexibility index (Phi) is 14.2. The van der Waals surface area contributed by atoms with Gasteiger partial charge in [-0.3, -0.25) is 23.7 Å². The number of aromatic nitrogens is 2. The molecule has 3 aliphatic rings. The molecule has 22 nitrogen and oxygen atoms in total. The molecule has 8 atom stereocenters. The van der Waals surface area contributed by atoms with Crippen molar-refractivity contribution in [3.8, 4) is 0 Å². The number of carboxylic acids is 1. The predicted molar refractivity (Wildman–Crippen MR) is 164 cm³/mol. The fourth-order valence-electron chi connectivity index (χ4n) is 4.85. The molecule has 0 aromatic carbocycles. The van der Waals surface area contributed by atoms with Gasteiger partial charge in [0.2, 0.25) is 0 Å². The number of H-pyrrole nitrogens is 1. The van der Waals surface area contributed by atoms with Crippen LogP contribution in [0.15, 0.2) is 28.1 Å². The Morgan fingerprint density at radius 3 is 2.46 bits per heavy atom. The van der Waals surface area contributed by atoms with Gasteiger partial charge >= 0.3 is 41.2 Å². The third-order valence-electron chi connectivity index (χ3n) is 6.92. The SMILES string of the molecule is NC=CCc1cn([C@H]2C[C@H](O)[C@@H](COP(=O)(O)OP(=O)(O)OP(=O)(O)O)O2)c(=O)[nH]c1=O.O=C(O)CCCC[C@@H]1SC[C@@H]2NC(=O)N[C@@H]21. The number of nitrogens with two attached hydrogens (primary N) is 1. The molecule has 4 heterocycles. The summed E-state index contributed by atoms with van der Waals surface area (Å²) in [5, 5.41) is 24.9. The average Bonchev–Trinajstić information content (AvgIpc) is 3.61. The number of carboxylic acid groups (broad SMARTS) is 1. The molecule has 11 N–H and O–H groups in total. The van der Waals surface area contributed by atoms with E-state index in [0.717, 1.165) is 29.6 Å². The van der Waals surface area contributed by atoms with Crippen LogP contribution in [0.2, 0.25) is 0 Å². The van der Waals surface area contributed by atoms with Crippen molar-refractivity contribution in [1.29, 1.82) is 0 Å². The van der Waals surface area contributed by atoms with E-state index in [4.69, 9.17) is 30.3 Å². The fourth-order valence-corrected chi connectivity index (χ4v) is 9.43. The number of phosphoric ester groups is 1. The molecule has 48 heavy (non-hydrogen) atoms. The van der Waals surface area contributed by atoms with Crippen LogP contribution in [0.25, 0.3) is 0 Å². The lowest BCUT2D eigenvalue weighted by atomic mass is 10.0. The van der Waals surface area contributed by atoms with Crippen molar-refractivity contribution in [2.75, 3.05) is 12.4 Å². The number of rotatable bonds is 15. The molecule has 272 valence electrons. The maximum absolute atomic E-state index is 12.1. The fraction of sp³-hybridized carbons (Fsp3) is 0.636. The molecule has 3 fully saturated rings. The monoisotopic (exact) mass is 767 g/mol. The molecule has 0 bridgehead atoms. The molecule has 0 aliphatic carbocycles. The van der Waals surface area contributed by atoms with Crippen LogP contribution in [-0.4, -0.2) is 93.2 Å². The number of unbranched alkanes of at least 4 members (excludes halogenated alkanes) is 1. The summed E-state index contributed by atoms with van der Waals surface area (Å²) in [7, 11) is -16.7. The van der Waals surface area contributed by atoms with E-state index in [0.29, 0.717) is 5.25 Å². The maximum Gasteiger partial charge on any atom is 0.490 e. The largest absolute Gasteiger partial charge is 0.490 e. The second-order valence-corrected chi connectivity index (χ2v) is 16.2. The van der Waals surface area contributed by atoms with Gasteiger partial charge in [-0.2, -0.15) is 20.4 Å². The zero-order chi connectivity index (χ0) is 35.9. The van der Waals surface area contributed by atoms with Crippen LogP contribution in [-0.2, 0) is 42.8 Å². The van der Waals surface area contributed by atoms with E-state index in [2.05, 4.69) is 28.8 Å². The molecule has 26 heteroatoms. The summed E-state index contributed by atoms with van der Waals surface area (Å²) < 4.78 is 51.6. The van der Waals surface area contributed by atoms with E-state index in [-0.39, 0.29) is 42.9 Å². The van der Waals surface area contributed by atoms with Gasteiger partial charge in [-0.05, 0) is 25.5 Å². The van der Waals surface area contributed by atoms with Crippen LogP contribution in [0.5, 0.6) is 0 Å². The Balaban J connectivity index is 0.000000324. The van der Waals surface area contributed by atoms with E-state index < -0.39 is 65.7 Å². The number of aliphatic hydroxyl groups excluding tert-OH is 1. The maximum atomic E-state index is 12.1. The number of nitrogens with zero attached hydrogens (tertiary/aromatic N) is 1. The number of amides is 2. The highest BCUT2D eigenvalue weighted by molar-refractivity contribution is 8.00. The highest BCUT2D eigenvalue weighted by atomic mass is 32.2. The summed E-state index contributed by atoms with van der Waals surface area (Å²) in [6.45, 7) is -0.901. The Bertz CT molecular complexity index is 1600. The summed E-state index contributed by atoms with van der Waals surface area (Å²) in [6.07, 6.45) is 2.80. The number of ether oxygens (including phenoxy) is 1. The van der Waals surface area contributed by atoms with Gasteiger partial charge < -0.3 is 50.9 Å². The van der Waals surface area contributed by atoms with Crippen LogP contribution in [0, 0.1) is 0 Å². The van der Waals surface area contributed by atoms with E-state index in [1.165, 1.54) is 18.5 Å². The van der Waals surface area contributed by atoms with Gasteiger partial charge in [0.1, 0.15) is 12.3 Å². The van der Waals surface area contributed by atoms with Gasteiger partial charge in [-0.1, -0.05) is 12.5 Å². The Labute approximate surface area is 275 Å². The number of carbonyl (C=O) groups excluding carboxylic acids is 1. The standard InChI is InChI=1S/C12H20N3O14P3.C10H16N2O3S/c13-3-1-2-7-5-15(12(18)14-11(7)17)10-4-8(16)9(27-10)6-26-31(22,23)29-32(24,25)28-30(19,20)21;13-8(14)4-2-1-3-7-9-6(5-16-7)11-10(15)12-9/h1,3,5,8-10,16H,2,4,6,13H2,(H,22,23)(H,24,25)(H,14,17,18)(H2,19,20,21);6-7,9H,1-5H2,(H,13,14)(H2,11,12,15)/t8-,9+,10+;6-,7-,9-/m00/s1. The molecule has 1 aromatic heterocycles. The number of carbonyl (C=O) groups is 2. The van der Waals surface area contributed by atoms with Crippen molar-refractivity contribution in [2.24, 2.45) is 5.73 Å². The summed E-state index contributed by atoms with van der Waals surface area (Å²) >= 11 is 1.87. The minimum Gasteiger partial charge on any atom is -0.481 e. The molecule has 0 radical (unpaired) electrons. The third kappa shape index (κ3) is 12.5. The summed E-state index contributed by atoms with van der Waals surface area (Å²) in [4.78, 5) is 83.0. The second kappa shape index (κ2) is 17.0. The molecular weight excluding hydrogens is 731 g/mol. The van der Waals surface area contributed by atoms with Gasteiger partial charge in [0.05, 0.1) is 24.8 Å². The van der Waals surface area contributed by atoms with E-state index in [9.17, 15) is 42.9 Å². The van der Waals surface area contributed by atoms with Crippen LogP contribution in [0.4, 0.5) is 4.79 Å². The van der Waals surface area contributed by atoms with Crippen molar-refractivity contribution in [3.63, 3.8) is 0 Å². The number of allylic oxidation sites excluding steroid dienone is 1. The molecule has 0 saturated carbocycles. The zero-order valence-electron chi connectivity index (χ0n) is 24.8. The highest BCUT2D eigenvalue weighted by Crippen LogP contribution is 2.66. The summed E-state index contributed by atoms with van der Waals surface area (Å²) in [6, 6.07) is 0.440. The third-order valence-corrected chi connectivity index (χ3v) is 12.2. The van der Waals surface area contributed by atoms with Gasteiger partial charge in [0, 0.05) is 35.6 Å². The molecule has 0 spiro atoms. The van der Waals surface area contributed by atoms with Gasteiger partial charge in [-0.15, -0.1) is 0 Å². The first-order valence-electron chi connectivity index (χ1n) is 14.0. The van der Waals surface area contributed by atoms with E-state index in [1.54, 1.807) is 0 Å². The number of phosphoric acid groups is 3. The number of hydrogen-bond donors (Lipinski definition) is 10. The molecule has 3 saturated heterocycles. The predicted octanol–water partition coefficient (Wildman–Crippen LogP) is -0.660. The number of nitrogens with one attached hydrogen (secondary N) is 3. The smallest absolute Gasteiger partial charge is 0.481 e. The van der Waals surface area contributed by atoms with Crippen molar-refractivity contribution in [1.82, 2.24) is 20.2 Å². The number of urea groups is 1. The highest BCUT2D eigenvalue weighted by Gasteiger charge is 2.44. The minimum atomic E-state index is -5.70. The molecular formula is C22H36N5O17P3S.